The third-order valence-electron chi connectivity index (χ3n) is 5.61. The topological polar surface area (TPSA) is 75.7 Å². The Morgan fingerprint density at radius 1 is 1.10 bits per heavy atom. The molecule has 0 unspecified atom stereocenters. The van der Waals surface area contributed by atoms with Crippen LogP contribution in [0, 0.1) is 5.92 Å². The highest BCUT2D eigenvalue weighted by Crippen LogP contribution is 2.29. The van der Waals surface area contributed by atoms with E-state index in [4.69, 9.17) is 4.74 Å². The van der Waals surface area contributed by atoms with Crippen molar-refractivity contribution in [2.24, 2.45) is 5.92 Å². The van der Waals surface area contributed by atoms with Gasteiger partial charge in [0.15, 0.2) is 0 Å². The fraction of sp³-hybridized carbons (Fsp3) is 0.375. The number of hydrogen-bond acceptors (Lipinski definition) is 4. The molecule has 30 heavy (non-hydrogen) atoms. The lowest BCUT2D eigenvalue weighted by atomic mass is 10.1. The predicted octanol–water partition coefficient (Wildman–Crippen LogP) is 3.17. The molecule has 1 N–H and O–H groups in total. The van der Waals surface area contributed by atoms with Gasteiger partial charge in [-0.25, -0.2) is 0 Å². The third-order valence-corrected chi connectivity index (χ3v) is 5.61. The van der Waals surface area contributed by atoms with Crippen LogP contribution in [0.15, 0.2) is 54.6 Å². The number of rotatable bonds is 7. The van der Waals surface area contributed by atoms with Crippen molar-refractivity contribution >= 4 is 23.5 Å². The average Bonchev–Trinajstić information content (AvgIpc) is 3.50. The number of carbonyl (C=O) groups is 3. The zero-order valence-electron chi connectivity index (χ0n) is 17.0. The molecule has 2 amide bonds. The van der Waals surface area contributed by atoms with Crippen molar-refractivity contribution in [3.8, 4) is 0 Å². The fourth-order valence-electron chi connectivity index (χ4n) is 3.64. The first-order chi connectivity index (χ1) is 14.5. The van der Waals surface area contributed by atoms with Gasteiger partial charge in [-0.05, 0) is 37.0 Å². The second kappa shape index (κ2) is 8.69. The molecule has 0 radical (unpaired) electrons. The minimum Gasteiger partial charge on any atom is -0.447 e. The van der Waals surface area contributed by atoms with Gasteiger partial charge in [0, 0.05) is 30.3 Å². The largest absolute Gasteiger partial charge is 0.447 e. The molecule has 6 heteroatoms. The summed E-state index contributed by atoms with van der Waals surface area (Å²) in [7, 11) is 0. The molecule has 6 nitrogen and oxygen atoms in total. The molecular formula is C24H26N2O4. The number of anilines is 1. The first kappa shape index (κ1) is 20.1. The van der Waals surface area contributed by atoms with Gasteiger partial charge >= 0.3 is 5.97 Å². The van der Waals surface area contributed by atoms with Gasteiger partial charge in [0.05, 0.1) is 5.92 Å². The van der Waals surface area contributed by atoms with E-state index < -0.39 is 18.0 Å². The van der Waals surface area contributed by atoms with Crippen molar-refractivity contribution in [2.45, 2.75) is 44.8 Å². The molecule has 2 atom stereocenters. The summed E-state index contributed by atoms with van der Waals surface area (Å²) in [5, 5.41) is 2.91. The summed E-state index contributed by atoms with van der Waals surface area (Å²) in [4.78, 5) is 39.7. The Hall–Kier alpha value is -3.15. The zero-order chi connectivity index (χ0) is 21.1. The van der Waals surface area contributed by atoms with Gasteiger partial charge in [0.25, 0.3) is 5.91 Å². The molecule has 0 spiro atoms. The highest BCUT2D eigenvalue weighted by Gasteiger charge is 2.39. The van der Waals surface area contributed by atoms with Crippen molar-refractivity contribution < 1.29 is 19.1 Å². The highest BCUT2D eigenvalue weighted by molar-refractivity contribution is 5.99. The van der Waals surface area contributed by atoms with E-state index in [9.17, 15) is 14.4 Å². The van der Waals surface area contributed by atoms with Gasteiger partial charge in [0.2, 0.25) is 12.0 Å². The van der Waals surface area contributed by atoms with Crippen molar-refractivity contribution in [1.82, 2.24) is 5.32 Å². The number of benzene rings is 2. The van der Waals surface area contributed by atoms with E-state index in [0.29, 0.717) is 5.56 Å². The molecule has 1 saturated carbocycles. The highest BCUT2D eigenvalue weighted by atomic mass is 16.5. The van der Waals surface area contributed by atoms with E-state index in [1.165, 1.54) is 5.56 Å². The van der Waals surface area contributed by atoms with Gasteiger partial charge in [-0.15, -0.1) is 0 Å². The molecule has 2 aromatic rings. The first-order valence-electron chi connectivity index (χ1n) is 10.5. The minimum absolute atomic E-state index is 0.0834. The van der Waals surface area contributed by atoms with Crippen LogP contribution in [0.3, 0.4) is 0 Å². The van der Waals surface area contributed by atoms with Gasteiger partial charge < -0.3 is 15.0 Å². The molecule has 2 fully saturated rings. The number of amides is 2. The standard InChI is InChI=1S/C24H26N2O4/c1-2-16-8-12-20(13-9-16)26-15-18(14-21(26)27)24(29)30-22(17-6-4-3-5-7-17)23(28)25-19-10-11-19/h3-9,12-13,18-19,22H,2,10-11,14-15H2,1H3,(H,25,28)/t18-,22-/m0/s1. The molecular weight excluding hydrogens is 380 g/mol. The average molecular weight is 406 g/mol. The van der Waals surface area contributed by atoms with Crippen LogP contribution in [0.5, 0.6) is 0 Å². The van der Waals surface area contributed by atoms with E-state index in [1.807, 2.05) is 30.3 Å². The molecule has 156 valence electrons. The first-order valence-corrected chi connectivity index (χ1v) is 10.5. The van der Waals surface area contributed by atoms with Crippen LogP contribution in [-0.2, 0) is 25.5 Å². The maximum absolute atomic E-state index is 12.9. The summed E-state index contributed by atoms with van der Waals surface area (Å²) in [6.45, 7) is 2.33. The Morgan fingerprint density at radius 2 is 1.80 bits per heavy atom. The Kier molecular flexibility index (Phi) is 5.84. The zero-order valence-corrected chi connectivity index (χ0v) is 17.0. The molecule has 1 heterocycles. The Morgan fingerprint density at radius 3 is 2.43 bits per heavy atom. The molecule has 0 bridgehead atoms. The van der Waals surface area contributed by atoms with Crippen molar-refractivity contribution in [3.63, 3.8) is 0 Å². The van der Waals surface area contributed by atoms with E-state index in [-0.39, 0.29) is 30.8 Å². The Labute approximate surface area is 176 Å². The van der Waals surface area contributed by atoms with Crippen LogP contribution >= 0.6 is 0 Å². The molecule has 1 aliphatic heterocycles. The fourth-order valence-corrected chi connectivity index (χ4v) is 3.64. The summed E-state index contributed by atoms with van der Waals surface area (Å²) >= 11 is 0. The number of ether oxygens (including phenoxy) is 1. The van der Waals surface area contributed by atoms with E-state index in [2.05, 4.69) is 12.2 Å². The third kappa shape index (κ3) is 4.53. The summed E-state index contributed by atoms with van der Waals surface area (Å²) in [5.41, 5.74) is 2.59. The van der Waals surface area contributed by atoms with Crippen LogP contribution in [0.25, 0.3) is 0 Å². The van der Waals surface area contributed by atoms with E-state index in [1.54, 1.807) is 29.2 Å². The monoisotopic (exact) mass is 406 g/mol. The Balaban J connectivity index is 1.45. The minimum atomic E-state index is -1.01. The van der Waals surface area contributed by atoms with Gasteiger partial charge in [-0.3, -0.25) is 14.4 Å². The summed E-state index contributed by atoms with van der Waals surface area (Å²) < 4.78 is 5.65. The lowest BCUT2D eigenvalue weighted by Crippen LogP contribution is -2.35. The molecule has 4 rings (SSSR count). The van der Waals surface area contributed by atoms with Crippen molar-refractivity contribution in [3.05, 3.63) is 65.7 Å². The quantitative estimate of drug-likeness (QED) is 0.717. The van der Waals surface area contributed by atoms with Crippen molar-refractivity contribution in [1.29, 1.82) is 0 Å². The van der Waals surface area contributed by atoms with Crippen LogP contribution in [-0.4, -0.2) is 30.4 Å². The summed E-state index contributed by atoms with van der Waals surface area (Å²) in [6.07, 6.45) is 1.90. The number of esters is 1. The van der Waals surface area contributed by atoms with E-state index >= 15 is 0 Å². The lowest BCUT2D eigenvalue weighted by Gasteiger charge is -2.20. The summed E-state index contributed by atoms with van der Waals surface area (Å²) in [5.74, 6) is -1.53. The van der Waals surface area contributed by atoms with Crippen LogP contribution < -0.4 is 10.2 Å². The maximum atomic E-state index is 12.9. The molecule has 2 aromatic carbocycles. The van der Waals surface area contributed by atoms with Crippen molar-refractivity contribution in [2.75, 3.05) is 11.4 Å². The number of carbonyl (C=O) groups excluding carboxylic acids is 3. The molecule has 1 aliphatic carbocycles. The van der Waals surface area contributed by atoms with Crippen LogP contribution in [0.2, 0.25) is 0 Å². The normalized spacial score (nSPS) is 19.4. The van der Waals surface area contributed by atoms with Gasteiger partial charge in [-0.2, -0.15) is 0 Å². The number of nitrogens with zero attached hydrogens (tertiary/aromatic N) is 1. The molecule has 1 saturated heterocycles. The SMILES string of the molecule is CCc1ccc(N2C[C@@H](C(=O)O[C@H](C(=O)NC3CC3)c3ccccc3)CC2=O)cc1. The molecule has 0 aromatic heterocycles. The van der Waals surface area contributed by atoms with Crippen LogP contribution in [0.4, 0.5) is 5.69 Å². The number of hydrogen-bond donors (Lipinski definition) is 1. The second-order valence-corrected chi connectivity index (χ2v) is 7.94. The molecule has 2 aliphatic rings. The van der Waals surface area contributed by atoms with Gasteiger partial charge in [-0.1, -0.05) is 49.4 Å². The predicted molar refractivity (Wildman–Crippen MR) is 113 cm³/mol. The van der Waals surface area contributed by atoms with E-state index in [0.717, 1.165) is 24.9 Å². The lowest BCUT2D eigenvalue weighted by molar-refractivity contribution is -0.160. The maximum Gasteiger partial charge on any atom is 0.312 e. The Bertz CT molecular complexity index is 922. The number of nitrogens with one attached hydrogen (secondary N) is 1. The van der Waals surface area contributed by atoms with Crippen LogP contribution in [0.1, 0.15) is 43.4 Å². The smallest absolute Gasteiger partial charge is 0.312 e. The second-order valence-electron chi connectivity index (χ2n) is 7.94. The van der Waals surface area contributed by atoms with Gasteiger partial charge in [0.1, 0.15) is 0 Å². The summed E-state index contributed by atoms with van der Waals surface area (Å²) in [6, 6.07) is 16.9. The number of aryl methyl sites for hydroxylation is 1.